The summed E-state index contributed by atoms with van der Waals surface area (Å²) in [5.74, 6) is 0.152. The number of nitrogen functional groups attached to an aromatic ring is 1. The molecule has 4 heteroatoms. The van der Waals surface area contributed by atoms with E-state index in [-0.39, 0.29) is 5.84 Å². The van der Waals surface area contributed by atoms with Gasteiger partial charge in [-0.2, -0.15) is 0 Å². The van der Waals surface area contributed by atoms with Crippen LogP contribution in [0.3, 0.4) is 0 Å². The first-order valence-corrected chi connectivity index (χ1v) is 6.74. The fourth-order valence-electron chi connectivity index (χ4n) is 1.92. The third-order valence-corrected chi connectivity index (χ3v) is 4.29. The Balaban J connectivity index is 2.17. The number of benzene rings is 1. The maximum atomic E-state index is 7.60. The predicted octanol–water partition coefficient (Wildman–Crippen LogP) is 2.55. The van der Waals surface area contributed by atoms with Crippen LogP contribution in [0.25, 0.3) is 0 Å². The fraction of sp³-hybridized carbons (Fsp3) is 0.462. The Morgan fingerprint density at radius 3 is 2.76 bits per heavy atom. The minimum Gasteiger partial charge on any atom is -0.384 e. The van der Waals surface area contributed by atoms with Crippen LogP contribution in [0.5, 0.6) is 0 Å². The Bertz CT molecular complexity index is 414. The Morgan fingerprint density at radius 1 is 1.41 bits per heavy atom. The van der Waals surface area contributed by atoms with E-state index in [1.807, 2.05) is 23.9 Å². The van der Waals surface area contributed by atoms with Crippen molar-refractivity contribution in [3.63, 3.8) is 0 Å². The van der Waals surface area contributed by atoms with Gasteiger partial charge in [-0.05, 0) is 37.5 Å². The molecule has 0 spiro atoms. The average molecular weight is 250 g/mol. The highest BCUT2D eigenvalue weighted by Crippen LogP contribution is 2.32. The lowest BCUT2D eigenvalue weighted by Crippen LogP contribution is -2.18. The molecule has 0 saturated carbocycles. The van der Waals surface area contributed by atoms with Crippen LogP contribution in [0, 0.1) is 12.3 Å². The van der Waals surface area contributed by atoms with Crippen LogP contribution < -0.4 is 5.73 Å². The molecule has 1 aromatic carbocycles. The van der Waals surface area contributed by atoms with Gasteiger partial charge in [0.1, 0.15) is 5.84 Å². The first kappa shape index (κ1) is 12.5. The minimum atomic E-state index is 0.152. The van der Waals surface area contributed by atoms with Crippen LogP contribution in [0.2, 0.25) is 0 Å². The molecule has 0 radical (unpaired) electrons. The third-order valence-electron chi connectivity index (χ3n) is 2.89. The molecule has 2 rings (SSSR count). The molecule has 1 aliphatic heterocycles. The van der Waals surface area contributed by atoms with E-state index in [1.54, 1.807) is 0 Å². The number of nitrogens with one attached hydrogen (secondary N) is 1. The zero-order valence-corrected chi connectivity index (χ0v) is 10.8. The molecule has 0 unspecified atom stereocenters. The van der Waals surface area contributed by atoms with Gasteiger partial charge in [-0.3, -0.25) is 5.41 Å². The second kappa shape index (κ2) is 5.56. The summed E-state index contributed by atoms with van der Waals surface area (Å²) in [7, 11) is 0. The zero-order valence-electron chi connectivity index (χ0n) is 10.0. The van der Waals surface area contributed by atoms with Gasteiger partial charge >= 0.3 is 0 Å². The van der Waals surface area contributed by atoms with Gasteiger partial charge in [-0.15, -0.1) is 11.8 Å². The third kappa shape index (κ3) is 3.23. The highest BCUT2D eigenvalue weighted by atomic mass is 32.2. The van der Waals surface area contributed by atoms with Gasteiger partial charge < -0.3 is 10.5 Å². The number of amidine groups is 1. The monoisotopic (exact) mass is 250 g/mol. The van der Waals surface area contributed by atoms with Gasteiger partial charge in [0.2, 0.25) is 0 Å². The summed E-state index contributed by atoms with van der Waals surface area (Å²) in [6.45, 7) is 3.76. The predicted molar refractivity (Wildman–Crippen MR) is 71.9 cm³/mol. The largest absolute Gasteiger partial charge is 0.384 e. The summed E-state index contributed by atoms with van der Waals surface area (Å²) in [5, 5.41) is 8.19. The number of hydrogen-bond donors (Lipinski definition) is 2. The van der Waals surface area contributed by atoms with E-state index in [9.17, 15) is 0 Å². The minimum absolute atomic E-state index is 0.152. The smallest absolute Gasteiger partial charge is 0.123 e. The summed E-state index contributed by atoms with van der Waals surface area (Å²) in [6, 6.07) is 6.07. The zero-order chi connectivity index (χ0) is 12.3. The van der Waals surface area contributed by atoms with Gasteiger partial charge in [0.15, 0.2) is 0 Å². The maximum Gasteiger partial charge on any atom is 0.123 e. The number of ether oxygens (including phenoxy) is 1. The van der Waals surface area contributed by atoms with Crippen molar-refractivity contribution in [3.8, 4) is 0 Å². The van der Waals surface area contributed by atoms with Crippen LogP contribution in [0.15, 0.2) is 23.1 Å². The molecule has 1 heterocycles. The molecule has 0 amide bonds. The molecule has 1 aromatic rings. The first-order valence-electron chi connectivity index (χ1n) is 5.86. The number of rotatable bonds is 3. The van der Waals surface area contributed by atoms with Crippen molar-refractivity contribution in [1.82, 2.24) is 0 Å². The van der Waals surface area contributed by atoms with Crippen molar-refractivity contribution in [2.24, 2.45) is 5.73 Å². The normalized spacial score (nSPS) is 17.0. The molecule has 3 nitrogen and oxygen atoms in total. The molecular weight excluding hydrogens is 232 g/mol. The Kier molecular flexibility index (Phi) is 4.07. The summed E-state index contributed by atoms with van der Waals surface area (Å²) in [5.41, 5.74) is 7.68. The molecule has 3 N–H and O–H groups in total. The van der Waals surface area contributed by atoms with Crippen molar-refractivity contribution in [2.45, 2.75) is 29.9 Å². The highest BCUT2D eigenvalue weighted by Gasteiger charge is 2.17. The highest BCUT2D eigenvalue weighted by molar-refractivity contribution is 8.00. The van der Waals surface area contributed by atoms with Crippen molar-refractivity contribution >= 4 is 17.6 Å². The van der Waals surface area contributed by atoms with Gasteiger partial charge in [-0.25, -0.2) is 0 Å². The Hall–Kier alpha value is -1.00. The van der Waals surface area contributed by atoms with Crippen molar-refractivity contribution in [1.29, 1.82) is 5.41 Å². The topological polar surface area (TPSA) is 59.1 Å². The standard InChI is InChI=1S/C13H18N2OS/c1-9-2-3-11(13(14)15)12(8-9)17-10-4-6-16-7-5-10/h2-3,8,10H,4-7H2,1H3,(H3,14,15). The van der Waals surface area contributed by atoms with Gasteiger partial charge in [0.25, 0.3) is 0 Å². The summed E-state index contributed by atoms with van der Waals surface area (Å²) < 4.78 is 5.36. The summed E-state index contributed by atoms with van der Waals surface area (Å²) in [4.78, 5) is 1.13. The number of hydrogen-bond acceptors (Lipinski definition) is 3. The van der Waals surface area contributed by atoms with Crippen LogP contribution in [0.1, 0.15) is 24.0 Å². The van der Waals surface area contributed by atoms with E-state index in [4.69, 9.17) is 15.9 Å². The van der Waals surface area contributed by atoms with Crippen molar-refractivity contribution < 1.29 is 4.74 Å². The second-order valence-electron chi connectivity index (χ2n) is 4.34. The quantitative estimate of drug-likeness (QED) is 0.640. The lowest BCUT2D eigenvalue weighted by Gasteiger charge is -2.22. The number of thioether (sulfide) groups is 1. The SMILES string of the molecule is Cc1ccc(C(=N)N)c(SC2CCOCC2)c1. The van der Waals surface area contributed by atoms with E-state index < -0.39 is 0 Å². The molecule has 1 saturated heterocycles. The second-order valence-corrected chi connectivity index (χ2v) is 5.69. The Morgan fingerprint density at radius 2 is 2.12 bits per heavy atom. The van der Waals surface area contributed by atoms with Gasteiger partial charge in [-0.1, -0.05) is 6.07 Å². The Labute approximate surface area is 106 Å². The molecule has 0 bridgehead atoms. The lowest BCUT2D eigenvalue weighted by atomic mass is 10.1. The van der Waals surface area contributed by atoms with E-state index in [0.29, 0.717) is 5.25 Å². The first-order chi connectivity index (χ1) is 8.16. The van der Waals surface area contributed by atoms with E-state index in [1.165, 1.54) is 5.56 Å². The molecule has 0 aromatic heterocycles. The molecule has 1 aliphatic rings. The lowest BCUT2D eigenvalue weighted by molar-refractivity contribution is 0.100. The molecule has 0 aliphatic carbocycles. The molecular formula is C13H18N2OS. The van der Waals surface area contributed by atoms with Gasteiger partial charge in [0, 0.05) is 28.9 Å². The van der Waals surface area contributed by atoms with Gasteiger partial charge in [0.05, 0.1) is 0 Å². The average Bonchev–Trinajstić information content (AvgIpc) is 2.30. The number of nitrogens with two attached hydrogens (primary N) is 1. The van der Waals surface area contributed by atoms with E-state index in [0.717, 1.165) is 36.5 Å². The van der Waals surface area contributed by atoms with Crippen LogP contribution in [-0.4, -0.2) is 24.3 Å². The van der Waals surface area contributed by atoms with Crippen molar-refractivity contribution in [3.05, 3.63) is 29.3 Å². The van der Waals surface area contributed by atoms with Crippen LogP contribution in [-0.2, 0) is 4.74 Å². The summed E-state index contributed by atoms with van der Waals surface area (Å²) >= 11 is 1.83. The van der Waals surface area contributed by atoms with Crippen LogP contribution in [0.4, 0.5) is 0 Å². The number of aryl methyl sites for hydroxylation is 1. The van der Waals surface area contributed by atoms with E-state index in [2.05, 4.69) is 13.0 Å². The molecule has 1 fully saturated rings. The molecule has 17 heavy (non-hydrogen) atoms. The molecule has 0 atom stereocenters. The van der Waals surface area contributed by atoms with Crippen LogP contribution >= 0.6 is 11.8 Å². The van der Waals surface area contributed by atoms with Crippen molar-refractivity contribution in [2.75, 3.05) is 13.2 Å². The maximum absolute atomic E-state index is 7.60. The summed E-state index contributed by atoms with van der Waals surface area (Å²) in [6.07, 6.45) is 2.16. The fourth-order valence-corrected chi connectivity index (χ4v) is 3.27. The van der Waals surface area contributed by atoms with E-state index >= 15 is 0 Å². The molecule has 92 valence electrons.